The minimum atomic E-state index is -1.06. The number of benzene rings is 1. The topological polar surface area (TPSA) is 50.4 Å². The molecule has 0 amide bonds. The standard InChI is InChI=1S/C13H8ClFO3/c14-10-7-8(1-4-11(10)15)12-5-2-9(18-12)3-6-13(16)17/h1-7H,(H,16,17)/b6-3+. The van der Waals surface area contributed by atoms with E-state index in [0.29, 0.717) is 17.1 Å². The molecule has 0 fully saturated rings. The van der Waals surface area contributed by atoms with Crippen molar-refractivity contribution in [3.8, 4) is 11.3 Å². The number of aliphatic carboxylic acids is 1. The summed E-state index contributed by atoms with van der Waals surface area (Å²) in [5.74, 6) is -0.675. The molecule has 0 aliphatic rings. The van der Waals surface area contributed by atoms with E-state index in [4.69, 9.17) is 21.1 Å². The van der Waals surface area contributed by atoms with Gasteiger partial charge in [0.2, 0.25) is 0 Å². The molecule has 1 aromatic carbocycles. The summed E-state index contributed by atoms with van der Waals surface area (Å²) in [7, 11) is 0. The van der Waals surface area contributed by atoms with Crippen LogP contribution in [-0.2, 0) is 4.79 Å². The van der Waals surface area contributed by atoms with Gasteiger partial charge in [-0.1, -0.05) is 11.6 Å². The molecular weight excluding hydrogens is 259 g/mol. The minimum Gasteiger partial charge on any atom is -0.478 e. The van der Waals surface area contributed by atoms with E-state index in [9.17, 15) is 9.18 Å². The van der Waals surface area contributed by atoms with Gasteiger partial charge in [-0.25, -0.2) is 9.18 Å². The van der Waals surface area contributed by atoms with Gasteiger partial charge in [0.15, 0.2) is 0 Å². The summed E-state index contributed by atoms with van der Waals surface area (Å²) in [6, 6.07) is 7.50. The van der Waals surface area contributed by atoms with Crippen LogP contribution in [0, 0.1) is 5.82 Å². The van der Waals surface area contributed by atoms with Crippen LogP contribution >= 0.6 is 11.6 Å². The predicted octanol–water partition coefficient (Wildman–Crippen LogP) is 3.84. The Kier molecular flexibility index (Phi) is 3.48. The van der Waals surface area contributed by atoms with E-state index in [2.05, 4.69) is 0 Å². The average molecular weight is 267 g/mol. The first-order valence-corrected chi connectivity index (χ1v) is 5.40. The number of carboxylic acid groups (broad SMARTS) is 1. The molecule has 0 saturated heterocycles. The van der Waals surface area contributed by atoms with Gasteiger partial charge in [0.25, 0.3) is 0 Å². The smallest absolute Gasteiger partial charge is 0.328 e. The molecule has 18 heavy (non-hydrogen) atoms. The van der Waals surface area contributed by atoms with Crippen LogP contribution in [0.5, 0.6) is 0 Å². The van der Waals surface area contributed by atoms with E-state index in [1.807, 2.05) is 0 Å². The van der Waals surface area contributed by atoms with Gasteiger partial charge in [0, 0.05) is 11.6 Å². The Morgan fingerprint density at radius 2 is 2.11 bits per heavy atom. The van der Waals surface area contributed by atoms with Gasteiger partial charge in [-0.2, -0.15) is 0 Å². The second-order valence-corrected chi connectivity index (χ2v) is 3.91. The summed E-state index contributed by atoms with van der Waals surface area (Å²) in [5, 5.41) is 8.48. The lowest BCUT2D eigenvalue weighted by molar-refractivity contribution is -0.131. The van der Waals surface area contributed by atoms with Crippen molar-refractivity contribution < 1.29 is 18.7 Å². The number of rotatable bonds is 3. The summed E-state index contributed by atoms with van der Waals surface area (Å²) < 4.78 is 18.4. The van der Waals surface area contributed by atoms with Crippen molar-refractivity contribution in [3.05, 3.63) is 53.0 Å². The molecule has 3 nitrogen and oxygen atoms in total. The van der Waals surface area contributed by atoms with Crippen LogP contribution in [0.25, 0.3) is 17.4 Å². The van der Waals surface area contributed by atoms with Crippen molar-refractivity contribution >= 4 is 23.6 Å². The zero-order valence-electron chi connectivity index (χ0n) is 9.06. The Hall–Kier alpha value is -2.07. The fourth-order valence-electron chi connectivity index (χ4n) is 1.40. The van der Waals surface area contributed by atoms with Gasteiger partial charge >= 0.3 is 5.97 Å². The molecule has 0 aliphatic heterocycles. The Bertz CT molecular complexity index is 616. The number of furan rings is 1. The maximum atomic E-state index is 13.0. The van der Waals surface area contributed by atoms with Crippen molar-refractivity contribution in [1.29, 1.82) is 0 Å². The highest BCUT2D eigenvalue weighted by Crippen LogP contribution is 2.26. The summed E-state index contributed by atoms with van der Waals surface area (Å²) in [5.41, 5.74) is 0.622. The summed E-state index contributed by atoms with van der Waals surface area (Å²) >= 11 is 5.66. The van der Waals surface area contributed by atoms with E-state index in [-0.39, 0.29) is 5.02 Å². The predicted molar refractivity (Wildman–Crippen MR) is 65.8 cm³/mol. The molecule has 0 aliphatic carbocycles. The Morgan fingerprint density at radius 1 is 1.33 bits per heavy atom. The van der Waals surface area contributed by atoms with Gasteiger partial charge in [-0.15, -0.1) is 0 Å². The van der Waals surface area contributed by atoms with Crippen molar-refractivity contribution in [2.45, 2.75) is 0 Å². The zero-order valence-corrected chi connectivity index (χ0v) is 9.82. The summed E-state index contributed by atoms with van der Waals surface area (Å²) in [6.07, 6.45) is 2.30. The number of carboxylic acids is 1. The largest absolute Gasteiger partial charge is 0.478 e. The van der Waals surface area contributed by atoms with Crippen molar-refractivity contribution in [3.63, 3.8) is 0 Å². The minimum absolute atomic E-state index is 0.00604. The number of hydrogen-bond donors (Lipinski definition) is 1. The summed E-state index contributed by atoms with van der Waals surface area (Å²) in [4.78, 5) is 10.3. The molecule has 0 atom stereocenters. The maximum absolute atomic E-state index is 13.0. The monoisotopic (exact) mass is 266 g/mol. The number of carbonyl (C=O) groups is 1. The quantitative estimate of drug-likeness (QED) is 0.859. The van der Waals surface area contributed by atoms with E-state index in [1.54, 1.807) is 12.1 Å². The zero-order chi connectivity index (χ0) is 13.1. The van der Waals surface area contributed by atoms with Crippen LogP contribution in [0.1, 0.15) is 5.76 Å². The fourth-order valence-corrected chi connectivity index (χ4v) is 1.58. The van der Waals surface area contributed by atoms with E-state index < -0.39 is 11.8 Å². The molecule has 0 saturated carbocycles. The van der Waals surface area contributed by atoms with Crippen molar-refractivity contribution in [2.75, 3.05) is 0 Å². The van der Waals surface area contributed by atoms with Gasteiger partial charge in [-0.3, -0.25) is 0 Å². The normalized spacial score (nSPS) is 11.0. The second-order valence-electron chi connectivity index (χ2n) is 3.50. The molecule has 0 unspecified atom stereocenters. The molecule has 2 aromatic rings. The second kappa shape index (κ2) is 5.06. The molecule has 0 bridgehead atoms. The van der Waals surface area contributed by atoms with Gasteiger partial charge < -0.3 is 9.52 Å². The third-order valence-electron chi connectivity index (χ3n) is 2.22. The van der Waals surface area contributed by atoms with Crippen LogP contribution in [-0.4, -0.2) is 11.1 Å². The highest BCUT2D eigenvalue weighted by atomic mass is 35.5. The fraction of sp³-hybridized carbons (Fsp3) is 0. The first-order chi connectivity index (χ1) is 8.56. The van der Waals surface area contributed by atoms with Crippen LogP contribution in [0.15, 0.2) is 40.8 Å². The molecule has 2 rings (SSSR count). The molecule has 1 N–H and O–H groups in total. The SMILES string of the molecule is O=C(O)/C=C/c1ccc(-c2ccc(F)c(Cl)c2)o1. The first kappa shape index (κ1) is 12.4. The van der Waals surface area contributed by atoms with Crippen molar-refractivity contribution in [2.24, 2.45) is 0 Å². The Labute approximate surface area is 107 Å². The Balaban J connectivity index is 2.29. The van der Waals surface area contributed by atoms with Gasteiger partial charge in [-0.05, 0) is 36.4 Å². The summed E-state index contributed by atoms with van der Waals surface area (Å²) in [6.45, 7) is 0. The van der Waals surface area contributed by atoms with Crippen LogP contribution in [0.3, 0.4) is 0 Å². The molecular formula is C13H8ClFO3. The molecule has 1 heterocycles. The molecule has 0 spiro atoms. The Morgan fingerprint density at radius 3 is 2.78 bits per heavy atom. The van der Waals surface area contributed by atoms with Crippen LogP contribution in [0.2, 0.25) is 5.02 Å². The first-order valence-electron chi connectivity index (χ1n) is 5.02. The third-order valence-corrected chi connectivity index (χ3v) is 2.51. The highest BCUT2D eigenvalue weighted by Gasteiger charge is 2.06. The van der Waals surface area contributed by atoms with Crippen molar-refractivity contribution in [1.82, 2.24) is 0 Å². The molecule has 92 valence electrons. The van der Waals surface area contributed by atoms with Gasteiger partial charge in [0.1, 0.15) is 17.3 Å². The van der Waals surface area contributed by atoms with Crippen LogP contribution < -0.4 is 0 Å². The molecule has 5 heteroatoms. The average Bonchev–Trinajstić information content (AvgIpc) is 2.79. The highest BCUT2D eigenvalue weighted by molar-refractivity contribution is 6.31. The lowest BCUT2D eigenvalue weighted by Crippen LogP contribution is -1.84. The maximum Gasteiger partial charge on any atom is 0.328 e. The molecule has 0 radical (unpaired) electrons. The molecule has 1 aromatic heterocycles. The lowest BCUT2D eigenvalue weighted by Gasteiger charge is -1.98. The van der Waals surface area contributed by atoms with Crippen LogP contribution in [0.4, 0.5) is 4.39 Å². The van der Waals surface area contributed by atoms with E-state index in [0.717, 1.165) is 6.08 Å². The van der Waals surface area contributed by atoms with E-state index >= 15 is 0 Å². The van der Waals surface area contributed by atoms with Gasteiger partial charge in [0.05, 0.1) is 5.02 Å². The number of hydrogen-bond acceptors (Lipinski definition) is 2. The number of halogens is 2. The third kappa shape index (κ3) is 2.78. The lowest BCUT2D eigenvalue weighted by atomic mass is 10.2. The van der Waals surface area contributed by atoms with E-state index in [1.165, 1.54) is 24.3 Å².